The molecule has 2 heterocycles. The summed E-state index contributed by atoms with van der Waals surface area (Å²) in [5.74, 6) is 0.131. The number of nitrogens with one attached hydrogen (secondary N) is 1. The second kappa shape index (κ2) is 12.0. The quantitative estimate of drug-likeness (QED) is 0.267. The van der Waals surface area contributed by atoms with Crippen molar-refractivity contribution in [2.75, 3.05) is 10.7 Å². The average molecular weight is 641 g/mol. The van der Waals surface area contributed by atoms with Crippen LogP contribution >= 0.6 is 23.4 Å². The van der Waals surface area contributed by atoms with E-state index in [-0.39, 0.29) is 23.5 Å². The van der Waals surface area contributed by atoms with Gasteiger partial charge in [0.15, 0.2) is 11.0 Å². The Morgan fingerprint density at radius 1 is 1.11 bits per heavy atom. The monoisotopic (exact) mass is 640 g/mol. The van der Waals surface area contributed by atoms with E-state index in [1.807, 2.05) is 31.2 Å². The maximum atomic E-state index is 12.9. The van der Waals surface area contributed by atoms with Gasteiger partial charge >= 0.3 is 12.4 Å². The van der Waals surface area contributed by atoms with Crippen molar-refractivity contribution in [3.63, 3.8) is 0 Å². The lowest BCUT2D eigenvalue weighted by atomic mass is 9.87. The highest BCUT2D eigenvalue weighted by Gasteiger charge is 2.33. The number of amidine groups is 1. The summed E-state index contributed by atoms with van der Waals surface area (Å²) in [5, 5.41) is 8.15. The number of alkyl halides is 3. The molecule has 44 heavy (non-hydrogen) atoms. The first-order chi connectivity index (χ1) is 21.0. The average Bonchev–Trinajstić information content (AvgIpc) is 3.61. The van der Waals surface area contributed by atoms with Crippen molar-refractivity contribution >= 4 is 46.2 Å². The van der Waals surface area contributed by atoms with Crippen molar-refractivity contribution in [1.82, 2.24) is 20.1 Å². The predicted molar refractivity (Wildman–Crippen MR) is 161 cm³/mol. The Labute approximate surface area is 259 Å². The van der Waals surface area contributed by atoms with Crippen LogP contribution in [-0.2, 0) is 17.6 Å². The first-order valence-corrected chi connectivity index (χ1v) is 14.9. The zero-order chi connectivity index (χ0) is 31.0. The molecule has 0 bridgehead atoms. The number of hydrogen-bond donors (Lipinski definition) is 1. The molecule has 2 aliphatic rings. The molecule has 0 saturated carbocycles. The third-order valence-corrected chi connectivity index (χ3v) is 8.40. The largest absolute Gasteiger partial charge is 0.573 e. The zero-order valence-electron chi connectivity index (χ0n) is 23.1. The van der Waals surface area contributed by atoms with Crippen LogP contribution in [0.5, 0.6) is 5.75 Å². The second-order valence-corrected chi connectivity index (χ2v) is 11.6. The van der Waals surface area contributed by atoms with Crippen LogP contribution in [0.1, 0.15) is 23.1 Å². The second-order valence-electron chi connectivity index (χ2n) is 10.3. The molecule has 9 nitrogen and oxygen atoms in total. The minimum absolute atomic E-state index is 0.134. The molecule has 1 aromatic heterocycles. The predicted octanol–water partition coefficient (Wildman–Crippen LogP) is 6.50. The first kappa shape index (κ1) is 29.7. The highest BCUT2D eigenvalue weighted by Crippen LogP contribution is 2.33. The number of carbonyl (C=O) groups excluding carboxylic acids is 2. The van der Waals surface area contributed by atoms with Gasteiger partial charge in [0.05, 0.1) is 22.2 Å². The molecular formula is C30H24ClF3N6O3S. The molecule has 3 amide bonds. The number of aromatic nitrogens is 3. The Balaban J connectivity index is 1.11. The van der Waals surface area contributed by atoms with Crippen LogP contribution in [0.25, 0.3) is 17.1 Å². The Kier molecular flexibility index (Phi) is 8.08. The van der Waals surface area contributed by atoms with Gasteiger partial charge in [0, 0.05) is 11.6 Å². The number of nitrogens with zero attached hydrogens (tertiary/aromatic N) is 5. The molecule has 226 valence electrons. The standard InChI is InChI=1S/C30H24ClF3N6O3S/c1-17-2-11-24(31)25(12-17)40-26(41)15-44-29(40)37-28(42)36-21-6-5-18-13-20(4-3-19(18)14-21)27-35-16-39(38-27)22-7-9-23(10-8-22)43-30(32,33)34/h2-4,7-13,16,21H,5-6,14-15H2,1H3,(H,36,42). The lowest BCUT2D eigenvalue weighted by molar-refractivity contribution is -0.274. The summed E-state index contributed by atoms with van der Waals surface area (Å²) < 4.78 is 42.7. The van der Waals surface area contributed by atoms with Crippen molar-refractivity contribution in [2.24, 2.45) is 4.99 Å². The summed E-state index contributed by atoms with van der Waals surface area (Å²) in [6.45, 7) is 1.90. The normalized spacial score (nSPS) is 17.6. The van der Waals surface area contributed by atoms with Crippen LogP contribution in [-0.4, -0.2) is 50.0 Å². The molecule has 4 aromatic rings. The number of carbonyl (C=O) groups is 2. The lowest BCUT2D eigenvalue weighted by Crippen LogP contribution is -2.38. The van der Waals surface area contributed by atoms with Gasteiger partial charge in [-0.25, -0.2) is 14.5 Å². The fraction of sp³-hybridized carbons (Fsp3) is 0.233. The molecule has 1 N–H and O–H groups in total. The third-order valence-electron chi connectivity index (χ3n) is 7.15. The van der Waals surface area contributed by atoms with E-state index in [2.05, 4.69) is 25.1 Å². The van der Waals surface area contributed by atoms with Crippen LogP contribution in [0.15, 0.2) is 72.0 Å². The summed E-state index contributed by atoms with van der Waals surface area (Å²) in [7, 11) is 0. The van der Waals surface area contributed by atoms with Crippen LogP contribution in [0.3, 0.4) is 0 Å². The molecule has 1 atom stereocenters. The van der Waals surface area contributed by atoms with E-state index >= 15 is 0 Å². The molecule has 14 heteroatoms. The summed E-state index contributed by atoms with van der Waals surface area (Å²) >= 11 is 7.54. The molecule has 1 unspecified atom stereocenters. The molecule has 0 spiro atoms. The lowest BCUT2D eigenvalue weighted by Gasteiger charge is -2.25. The number of urea groups is 1. The van der Waals surface area contributed by atoms with E-state index in [9.17, 15) is 22.8 Å². The molecule has 1 fully saturated rings. The van der Waals surface area contributed by atoms with Crippen molar-refractivity contribution in [1.29, 1.82) is 0 Å². The fourth-order valence-corrected chi connectivity index (χ4v) is 6.17. The van der Waals surface area contributed by atoms with Crippen molar-refractivity contribution in [2.45, 2.75) is 38.6 Å². The van der Waals surface area contributed by atoms with E-state index in [0.29, 0.717) is 46.7 Å². The Morgan fingerprint density at radius 3 is 2.68 bits per heavy atom. The summed E-state index contributed by atoms with van der Waals surface area (Å²) in [5.41, 5.74) is 4.95. The highest BCUT2D eigenvalue weighted by molar-refractivity contribution is 8.15. The van der Waals surface area contributed by atoms with E-state index in [0.717, 1.165) is 22.3 Å². The number of halogens is 4. The molecular weight excluding hydrogens is 617 g/mol. The Morgan fingerprint density at radius 2 is 1.91 bits per heavy atom. The van der Waals surface area contributed by atoms with Crippen molar-refractivity contribution < 1.29 is 27.5 Å². The van der Waals surface area contributed by atoms with Gasteiger partial charge in [-0.2, -0.15) is 4.99 Å². The number of ether oxygens (including phenoxy) is 1. The van der Waals surface area contributed by atoms with Crippen LogP contribution in [0, 0.1) is 6.92 Å². The van der Waals surface area contributed by atoms with E-state index in [1.165, 1.54) is 51.9 Å². The number of anilines is 1. The SMILES string of the molecule is Cc1ccc(Cl)c(N2C(=O)CSC2=NC(=O)NC2CCc3cc(-c4ncn(-c5ccc(OC(F)(F)F)cc5)n4)ccc3C2)c1. The highest BCUT2D eigenvalue weighted by atomic mass is 35.5. The number of aliphatic imine (C=N–C) groups is 1. The fourth-order valence-electron chi connectivity index (χ4n) is 5.11. The number of thioether (sulfide) groups is 1. The van der Waals surface area contributed by atoms with Gasteiger partial charge in [0.25, 0.3) is 0 Å². The molecule has 1 aliphatic heterocycles. The Hall–Kier alpha value is -4.36. The van der Waals surface area contributed by atoms with E-state index in [4.69, 9.17) is 11.6 Å². The van der Waals surface area contributed by atoms with Crippen LogP contribution in [0.2, 0.25) is 5.02 Å². The minimum Gasteiger partial charge on any atom is -0.406 e. The van der Waals surface area contributed by atoms with Crippen LogP contribution in [0.4, 0.5) is 23.7 Å². The van der Waals surface area contributed by atoms with Gasteiger partial charge < -0.3 is 10.1 Å². The number of benzene rings is 3. The summed E-state index contributed by atoms with van der Waals surface area (Å²) in [4.78, 5) is 35.5. The molecule has 0 radical (unpaired) electrons. The Bertz CT molecular complexity index is 1780. The number of hydrogen-bond acceptors (Lipinski definition) is 6. The van der Waals surface area contributed by atoms with Crippen LogP contribution < -0.4 is 15.0 Å². The third kappa shape index (κ3) is 6.58. The first-order valence-electron chi connectivity index (χ1n) is 13.5. The van der Waals surface area contributed by atoms with Gasteiger partial charge in [0.2, 0.25) is 5.91 Å². The van der Waals surface area contributed by atoms with Crippen molar-refractivity contribution in [3.05, 3.63) is 88.7 Å². The number of amides is 3. The molecule has 1 aliphatic carbocycles. The molecule has 1 saturated heterocycles. The minimum atomic E-state index is -4.76. The number of aryl methyl sites for hydroxylation is 2. The maximum absolute atomic E-state index is 12.9. The smallest absolute Gasteiger partial charge is 0.406 e. The van der Waals surface area contributed by atoms with Crippen molar-refractivity contribution in [3.8, 4) is 22.8 Å². The van der Waals surface area contributed by atoms with Gasteiger partial charge in [-0.15, -0.1) is 18.3 Å². The zero-order valence-corrected chi connectivity index (χ0v) is 24.7. The molecule has 3 aromatic carbocycles. The summed E-state index contributed by atoms with van der Waals surface area (Å²) in [6.07, 6.45) is -1.25. The van der Waals surface area contributed by atoms with E-state index in [1.54, 1.807) is 12.1 Å². The van der Waals surface area contributed by atoms with E-state index < -0.39 is 12.4 Å². The number of rotatable bonds is 5. The van der Waals surface area contributed by atoms with Gasteiger partial charge in [-0.05, 0) is 85.3 Å². The number of fused-ring (bicyclic) bond motifs is 1. The van der Waals surface area contributed by atoms with Gasteiger partial charge in [-0.3, -0.25) is 9.69 Å². The van der Waals surface area contributed by atoms with Gasteiger partial charge in [-0.1, -0.05) is 41.6 Å². The summed E-state index contributed by atoms with van der Waals surface area (Å²) in [6, 6.07) is 15.9. The molecule has 6 rings (SSSR count). The topological polar surface area (TPSA) is 102 Å². The van der Waals surface area contributed by atoms with Gasteiger partial charge in [0.1, 0.15) is 12.1 Å². The maximum Gasteiger partial charge on any atom is 0.573 e.